The summed E-state index contributed by atoms with van der Waals surface area (Å²) in [4.78, 5) is 0. The molecule has 3 heteroatoms. The summed E-state index contributed by atoms with van der Waals surface area (Å²) in [7, 11) is -3.14. The molecule has 0 spiro atoms. The molecule has 0 heterocycles. The molecule has 3 unspecified atom stereocenters. The van der Waals surface area contributed by atoms with E-state index in [4.69, 9.17) is 0 Å². The molecule has 0 N–H and O–H groups in total. The summed E-state index contributed by atoms with van der Waals surface area (Å²) in [6.07, 6.45) is 10.2. The van der Waals surface area contributed by atoms with Crippen molar-refractivity contribution in [2.75, 3.05) is 0 Å². The van der Waals surface area contributed by atoms with Gasteiger partial charge in [0, 0.05) is 0 Å². The summed E-state index contributed by atoms with van der Waals surface area (Å²) in [5.41, 5.74) is 9.13. The van der Waals surface area contributed by atoms with E-state index in [0.29, 0.717) is 17.0 Å². The Kier molecular flexibility index (Phi) is 6.95. The predicted octanol–water partition coefficient (Wildman–Crippen LogP) is 7.34. The molecule has 0 aliphatic heterocycles. The van der Waals surface area contributed by atoms with Crippen molar-refractivity contribution >= 4 is 45.7 Å². The Morgan fingerprint density at radius 1 is 0.833 bits per heavy atom. The number of benzene rings is 2. The molecule has 2 aromatic rings. The SMILES string of the molecule is CCCC(C)C1=CC([Si](C)(C)[Si](C)(C)C2C=Cc3ccccc32)c2ccccc21.[LiH]. The maximum absolute atomic E-state index is 2.72. The molecule has 0 radical (unpaired) electrons. The van der Waals surface area contributed by atoms with Gasteiger partial charge in [-0.1, -0.05) is 113 Å². The van der Waals surface area contributed by atoms with Crippen LogP contribution < -0.4 is 0 Å². The van der Waals surface area contributed by atoms with Gasteiger partial charge in [0.15, 0.2) is 0 Å². The van der Waals surface area contributed by atoms with E-state index in [0.717, 1.165) is 0 Å². The first-order valence-electron chi connectivity index (χ1n) is 11.4. The number of hydrogen-bond acceptors (Lipinski definition) is 0. The molecular weight excluding hydrogens is 387 g/mol. The molecule has 154 valence electrons. The van der Waals surface area contributed by atoms with E-state index in [2.05, 4.69) is 107 Å². The second-order valence-electron chi connectivity index (χ2n) is 10.3. The first kappa shape index (κ1) is 23.6. The monoisotopic (exact) mass is 424 g/mol. The van der Waals surface area contributed by atoms with Crippen molar-refractivity contribution in [1.82, 2.24) is 0 Å². The Morgan fingerprint density at radius 3 is 2.13 bits per heavy atom. The van der Waals surface area contributed by atoms with Crippen molar-refractivity contribution in [3.05, 3.63) is 82.9 Å². The van der Waals surface area contributed by atoms with E-state index in [9.17, 15) is 0 Å². The van der Waals surface area contributed by atoms with Crippen LogP contribution in [0.15, 0.2) is 60.7 Å². The van der Waals surface area contributed by atoms with Crippen molar-refractivity contribution in [2.45, 2.75) is 64.0 Å². The van der Waals surface area contributed by atoms with Crippen LogP contribution in [0.1, 0.15) is 60.0 Å². The third kappa shape index (κ3) is 3.71. The van der Waals surface area contributed by atoms with Gasteiger partial charge in [-0.15, -0.1) is 0 Å². The fraction of sp³-hybridized carbons (Fsp3) is 0.407. The number of hydrogen-bond donors (Lipinski definition) is 0. The van der Waals surface area contributed by atoms with Gasteiger partial charge in [-0.3, -0.25) is 0 Å². The Morgan fingerprint density at radius 2 is 1.43 bits per heavy atom. The zero-order valence-electron chi connectivity index (χ0n) is 19.0. The summed E-state index contributed by atoms with van der Waals surface area (Å²) in [6, 6.07) is 18.4. The molecule has 0 saturated carbocycles. The van der Waals surface area contributed by atoms with Crippen LogP contribution >= 0.6 is 0 Å². The van der Waals surface area contributed by atoms with Crippen LogP contribution in [0.5, 0.6) is 0 Å². The van der Waals surface area contributed by atoms with E-state index in [-0.39, 0.29) is 18.9 Å². The van der Waals surface area contributed by atoms with Crippen molar-refractivity contribution in [3.63, 3.8) is 0 Å². The summed E-state index contributed by atoms with van der Waals surface area (Å²) in [5, 5.41) is 0. The fourth-order valence-corrected chi connectivity index (χ4v) is 16.8. The number of fused-ring (bicyclic) bond motifs is 2. The summed E-state index contributed by atoms with van der Waals surface area (Å²) in [5.74, 6) is 0.660. The first-order valence-corrected chi connectivity index (χ1v) is 18.5. The standard InChI is InChI=1S/C27H36Si2.Li.H/c1-7-12-20(2)25-19-27(24-16-11-10-15-23(24)25)29(5,6)28(3,4)26-18-17-21-13-8-9-14-22(21)26;;/h8-11,13-20,26-27H,7,12H2,1-6H3;;. The van der Waals surface area contributed by atoms with Crippen LogP contribution in [0.2, 0.25) is 26.2 Å². The van der Waals surface area contributed by atoms with E-state index in [1.807, 2.05) is 0 Å². The minimum absolute atomic E-state index is 0. The van der Waals surface area contributed by atoms with Gasteiger partial charge >= 0.3 is 18.9 Å². The molecule has 2 aliphatic carbocycles. The van der Waals surface area contributed by atoms with Crippen molar-refractivity contribution in [1.29, 1.82) is 0 Å². The second-order valence-corrected chi connectivity index (χ2v) is 26.1. The summed E-state index contributed by atoms with van der Waals surface area (Å²) < 4.78 is 0. The van der Waals surface area contributed by atoms with Gasteiger partial charge in [0.25, 0.3) is 0 Å². The minimum atomic E-state index is -1.58. The molecule has 0 saturated heterocycles. The zero-order valence-corrected chi connectivity index (χ0v) is 21.0. The molecule has 4 rings (SSSR count). The van der Waals surface area contributed by atoms with Crippen LogP contribution in [-0.4, -0.2) is 34.0 Å². The third-order valence-electron chi connectivity index (χ3n) is 8.22. The third-order valence-corrected chi connectivity index (χ3v) is 27.5. The molecular formula is C27H37LiSi2. The van der Waals surface area contributed by atoms with Crippen LogP contribution in [0.25, 0.3) is 11.6 Å². The van der Waals surface area contributed by atoms with Crippen LogP contribution in [0.3, 0.4) is 0 Å². The van der Waals surface area contributed by atoms with Gasteiger partial charge in [0.2, 0.25) is 0 Å². The molecule has 0 nitrogen and oxygen atoms in total. The van der Waals surface area contributed by atoms with Crippen molar-refractivity contribution in [3.8, 4) is 0 Å². The first-order chi connectivity index (χ1) is 13.8. The quantitative estimate of drug-likeness (QED) is 0.426. The number of rotatable bonds is 6. The Balaban J connectivity index is 0.00000256. The van der Waals surface area contributed by atoms with Crippen LogP contribution in [-0.2, 0) is 0 Å². The fourth-order valence-electron chi connectivity index (χ4n) is 5.69. The molecule has 0 bridgehead atoms. The van der Waals surface area contributed by atoms with E-state index in [1.54, 1.807) is 22.3 Å². The van der Waals surface area contributed by atoms with Gasteiger partial charge in [-0.25, -0.2) is 0 Å². The van der Waals surface area contributed by atoms with E-state index < -0.39 is 15.2 Å². The van der Waals surface area contributed by atoms with Gasteiger partial charge in [-0.2, -0.15) is 0 Å². The topological polar surface area (TPSA) is 0 Å². The Hall–Kier alpha value is -1.05. The molecule has 0 aromatic heterocycles. The average molecular weight is 425 g/mol. The van der Waals surface area contributed by atoms with Gasteiger partial charge in [0.05, 0.1) is 15.2 Å². The second kappa shape index (κ2) is 8.83. The molecule has 2 aromatic carbocycles. The van der Waals surface area contributed by atoms with Gasteiger partial charge in [-0.05, 0) is 51.2 Å². The van der Waals surface area contributed by atoms with Crippen LogP contribution in [0, 0.1) is 5.92 Å². The van der Waals surface area contributed by atoms with Gasteiger partial charge < -0.3 is 0 Å². The molecule has 0 amide bonds. The number of allylic oxidation sites excluding steroid dienone is 3. The molecule has 3 atom stereocenters. The Labute approximate surface area is 197 Å². The predicted molar refractivity (Wildman–Crippen MR) is 142 cm³/mol. The van der Waals surface area contributed by atoms with Crippen molar-refractivity contribution < 1.29 is 0 Å². The normalized spacial score (nSPS) is 20.9. The van der Waals surface area contributed by atoms with E-state index >= 15 is 0 Å². The zero-order chi connectivity index (χ0) is 20.8. The molecule has 2 aliphatic rings. The maximum atomic E-state index is 2.72. The molecule has 0 fully saturated rings. The summed E-state index contributed by atoms with van der Waals surface area (Å²) in [6.45, 7) is 15.5. The summed E-state index contributed by atoms with van der Waals surface area (Å²) >= 11 is 0. The van der Waals surface area contributed by atoms with Gasteiger partial charge in [0.1, 0.15) is 0 Å². The Bertz CT molecular complexity index is 970. The van der Waals surface area contributed by atoms with Crippen molar-refractivity contribution in [2.24, 2.45) is 5.92 Å². The molecule has 30 heavy (non-hydrogen) atoms. The van der Waals surface area contributed by atoms with E-state index in [1.165, 1.54) is 18.4 Å². The van der Waals surface area contributed by atoms with Crippen LogP contribution in [0.4, 0.5) is 0 Å². The average Bonchev–Trinajstić information content (AvgIpc) is 3.30.